The molecule has 1 N–H and O–H groups in total. The Labute approximate surface area is 151 Å². The minimum atomic E-state index is -3.36. The van der Waals surface area contributed by atoms with Crippen molar-refractivity contribution in [2.45, 2.75) is 12.6 Å². The van der Waals surface area contributed by atoms with E-state index in [1.165, 1.54) is 6.21 Å². The van der Waals surface area contributed by atoms with Gasteiger partial charge >= 0.3 is 0 Å². The van der Waals surface area contributed by atoms with Crippen molar-refractivity contribution in [1.82, 2.24) is 15.7 Å². The van der Waals surface area contributed by atoms with E-state index >= 15 is 0 Å². The molecule has 0 amide bonds. The maximum atomic E-state index is 13.2. The molecule has 1 atom stereocenters. The highest BCUT2D eigenvalue weighted by Gasteiger charge is 2.25. The molecule has 0 saturated heterocycles. The summed E-state index contributed by atoms with van der Waals surface area (Å²) in [6, 6.07) is 0. The first-order chi connectivity index (χ1) is 11.2. The number of hydrogen-bond acceptors (Lipinski definition) is 8. The highest BCUT2D eigenvalue weighted by molar-refractivity contribution is 7.91. The minimum Gasteiger partial charge on any atom is -0.284 e. The van der Waals surface area contributed by atoms with Crippen LogP contribution in [0.4, 0.5) is 4.48 Å². The van der Waals surface area contributed by atoms with Crippen LogP contribution in [0.25, 0.3) is 0 Å². The van der Waals surface area contributed by atoms with E-state index in [2.05, 4.69) is 10.5 Å². The SMILES string of the molecule is O=S(=O)(CCCl)CCN(CCS(=O)(=O)CCCl)C1CC=NN(F)N1. The van der Waals surface area contributed by atoms with Crippen molar-refractivity contribution in [2.75, 3.05) is 47.9 Å². The van der Waals surface area contributed by atoms with Gasteiger partial charge in [0.05, 0.1) is 29.2 Å². The standard InChI is InChI=1S/C11H21Cl2FN4O4S2/c12-2-7-23(19,20)9-5-17(6-10-24(21,22)8-3-13)11-1-4-15-18(14)16-11/h4,11,16H,1-3,5-10H2. The number of nitrogens with zero attached hydrogens (tertiary/aromatic N) is 3. The molecule has 0 aromatic carbocycles. The van der Waals surface area contributed by atoms with Crippen LogP contribution in [-0.4, -0.2) is 87.3 Å². The van der Waals surface area contributed by atoms with Crippen molar-refractivity contribution in [2.24, 2.45) is 5.10 Å². The summed E-state index contributed by atoms with van der Waals surface area (Å²) in [5.74, 6) is -0.755. The van der Waals surface area contributed by atoms with E-state index in [1.54, 1.807) is 4.90 Å². The topological polar surface area (TPSA) is 99.2 Å². The second-order valence-corrected chi connectivity index (χ2v) is 10.5. The zero-order valence-electron chi connectivity index (χ0n) is 12.9. The summed E-state index contributed by atoms with van der Waals surface area (Å²) in [5.41, 5.74) is 2.41. The normalized spacial score (nSPS) is 19.2. The number of hydrogen-bond donors (Lipinski definition) is 1. The monoisotopic (exact) mass is 426 g/mol. The maximum Gasteiger partial charge on any atom is 0.152 e. The fourth-order valence-corrected chi connectivity index (χ4v) is 5.35. The molecule has 0 fully saturated rings. The highest BCUT2D eigenvalue weighted by Crippen LogP contribution is 2.09. The van der Waals surface area contributed by atoms with Crippen LogP contribution >= 0.6 is 23.2 Å². The van der Waals surface area contributed by atoms with Crippen LogP contribution in [0.2, 0.25) is 0 Å². The fourth-order valence-electron chi connectivity index (χ4n) is 2.03. The van der Waals surface area contributed by atoms with Crippen molar-refractivity contribution in [3.8, 4) is 0 Å². The van der Waals surface area contributed by atoms with Gasteiger partial charge in [0.25, 0.3) is 0 Å². The Kier molecular flexibility index (Phi) is 9.17. The van der Waals surface area contributed by atoms with Gasteiger partial charge in [-0.3, -0.25) is 4.90 Å². The van der Waals surface area contributed by atoms with E-state index in [0.717, 1.165) is 0 Å². The van der Waals surface area contributed by atoms with Crippen molar-refractivity contribution >= 4 is 49.1 Å². The quantitative estimate of drug-likeness (QED) is 0.366. The van der Waals surface area contributed by atoms with Gasteiger partial charge in [-0.1, -0.05) is 9.82 Å². The second kappa shape index (κ2) is 10.1. The highest BCUT2D eigenvalue weighted by atomic mass is 35.5. The minimum absolute atomic E-state index is 0.0149. The summed E-state index contributed by atoms with van der Waals surface area (Å²) in [7, 11) is -6.71. The van der Waals surface area contributed by atoms with Gasteiger partial charge in [-0.25, -0.2) is 16.8 Å². The lowest BCUT2D eigenvalue weighted by Gasteiger charge is -2.33. The summed E-state index contributed by atoms with van der Waals surface area (Å²) in [4.78, 5) is 1.56. The maximum absolute atomic E-state index is 13.2. The predicted molar refractivity (Wildman–Crippen MR) is 93.3 cm³/mol. The van der Waals surface area contributed by atoms with Gasteiger partial charge in [-0.05, 0) is 0 Å². The Morgan fingerprint density at radius 3 is 2.00 bits per heavy atom. The Bertz CT molecular complexity index is 578. The van der Waals surface area contributed by atoms with Crippen molar-refractivity contribution in [3.05, 3.63) is 0 Å². The second-order valence-electron chi connectivity index (χ2n) is 5.16. The largest absolute Gasteiger partial charge is 0.284 e. The molecule has 0 aliphatic carbocycles. The van der Waals surface area contributed by atoms with Crippen LogP contribution in [0.5, 0.6) is 0 Å². The average Bonchev–Trinajstić information content (AvgIpc) is 2.47. The number of hydrazine groups is 1. The Hall–Kier alpha value is -0.200. The third kappa shape index (κ3) is 8.26. The molecule has 24 heavy (non-hydrogen) atoms. The van der Waals surface area contributed by atoms with Gasteiger partial charge in [0.2, 0.25) is 0 Å². The molecule has 1 aliphatic rings. The molecular weight excluding hydrogens is 406 g/mol. The Balaban J connectivity index is 2.74. The average molecular weight is 427 g/mol. The van der Waals surface area contributed by atoms with Crippen molar-refractivity contribution < 1.29 is 21.3 Å². The summed E-state index contributed by atoms with van der Waals surface area (Å²) in [6.07, 6.45) is 1.05. The van der Waals surface area contributed by atoms with E-state index in [9.17, 15) is 21.3 Å². The van der Waals surface area contributed by atoms with E-state index < -0.39 is 25.8 Å². The molecule has 0 aromatic heterocycles. The number of alkyl halides is 2. The molecule has 1 heterocycles. The van der Waals surface area contributed by atoms with Crippen LogP contribution in [0.3, 0.4) is 0 Å². The van der Waals surface area contributed by atoms with E-state index in [0.29, 0.717) is 6.42 Å². The van der Waals surface area contributed by atoms with Crippen LogP contribution in [0.15, 0.2) is 5.10 Å². The van der Waals surface area contributed by atoms with Gasteiger partial charge < -0.3 is 0 Å². The molecule has 1 rings (SSSR count). The van der Waals surface area contributed by atoms with Gasteiger partial charge in [0, 0.05) is 37.5 Å². The molecule has 1 aliphatic heterocycles. The number of sulfone groups is 2. The molecule has 0 aromatic rings. The predicted octanol–water partition coefficient (Wildman–Crippen LogP) is 0.00230. The molecule has 0 bridgehead atoms. The lowest BCUT2D eigenvalue weighted by molar-refractivity contribution is -0.0764. The molecule has 1 unspecified atom stereocenters. The fraction of sp³-hybridized carbons (Fsp3) is 0.909. The van der Waals surface area contributed by atoms with E-state index in [1.807, 2.05) is 0 Å². The number of halogens is 3. The van der Waals surface area contributed by atoms with Gasteiger partial charge in [-0.2, -0.15) is 5.43 Å². The lowest BCUT2D eigenvalue weighted by atomic mass is 10.3. The third-order valence-electron chi connectivity index (χ3n) is 3.36. The molecule has 13 heteroatoms. The first-order valence-electron chi connectivity index (χ1n) is 7.20. The summed E-state index contributed by atoms with van der Waals surface area (Å²) < 4.78 is 60.4. The molecular formula is C11H21Cl2FN4O4S2. The molecule has 0 saturated carbocycles. The van der Waals surface area contributed by atoms with Gasteiger partial charge in [-0.15, -0.1) is 28.3 Å². The molecule has 142 valence electrons. The molecule has 8 nitrogen and oxygen atoms in total. The number of hydrazone groups is 1. The zero-order chi connectivity index (χ0) is 18.2. The lowest BCUT2D eigenvalue weighted by Crippen LogP contribution is -2.54. The van der Waals surface area contributed by atoms with E-state index in [-0.39, 0.29) is 53.2 Å². The summed E-state index contributed by atoms with van der Waals surface area (Å²) >= 11 is 10.9. The Morgan fingerprint density at radius 2 is 1.58 bits per heavy atom. The number of nitrogens with one attached hydrogen (secondary N) is 1. The summed E-state index contributed by atoms with van der Waals surface area (Å²) in [5, 5.41) is 3.39. The van der Waals surface area contributed by atoms with Crippen LogP contribution in [0, 0.1) is 0 Å². The molecule has 0 spiro atoms. The first kappa shape index (κ1) is 21.8. The first-order valence-corrected chi connectivity index (χ1v) is 11.9. The number of rotatable bonds is 11. The zero-order valence-corrected chi connectivity index (χ0v) is 16.1. The molecule has 0 radical (unpaired) electrons. The van der Waals surface area contributed by atoms with Crippen LogP contribution in [-0.2, 0) is 19.7 Å². The smallest absolute Gasteiger partial charge is 0.152 e. The van der Waals surface area contributed by atoms with Crippen LogP contribution < -0.4 is 5.43 Å². The summed E-state index contributed by atoms with van der Waals surface area (Å²) in [6.45, 7) is 0.101. The van der Waals surface area contributed by atoms with Gasteiger partial charge in [0.15, 0.2) is 19.7 Å². The van der Waals surface area contributed by atoms with Crippen molar-refractivity contribution in [3.63, 3.8) is 0 Å². The van der Waals surface area contributed by atoms with Crippen LogP contribution in [0.1, 0.15) is 6.42 Å². The van der Waals surface area contributed by atoms with Gasteiger partial charge in [0.1, 0.15) is 0 Å². The Morgan fingerprint density at radius 1 is 1.08 bits per heavy atom. The third-order valence-corrected chi connectivity index (χ3v) is 7.45. The van der Waals surface area contributed by atoms with E-state index in [4.69, 9.17) is 23.2 Å². The van der Waals surface area contributed by atoms with Crippen molar-refractivity contribution in [1.29, 1.82) is 0 Å².